The van der Waals surface area contributed by atoms with Crippen LogP contribution in [0.15, 0.2) is 30.3 Å². The van der Waals surface area contributed by atoms with Gasteiger partial charge in [0.1, 0.15) is 5.82 Å². The van der Waals surface area contributed by atoms with Crippen LogP contribution in [-0.4, -0.2) is 0 Å². The van der Waals surface area contributed by atoms with Crippen molar-refractivity contribution in [2.75, 3.05) is 0 Å². The third-order valence-corrected chi connectivity index (χ3v) is 3.19. The third kappa shape index (κ3) is 2.29. The predicted octanol–water partition coefficient (Wildman–Crippen LogP) is 3.88. The molecular weight excluding hydrogens is 225 g/mol. The van der Waals surface area contributed by atoms with E-state index in [1.54, 1.807) is 6.07 Å². The molecule has 18 heavy (non-hydrogen) atoms. The molecule has 2 rings (SSSR count). The Labute approximate surface area is 107 Å². The first-order valence-electron chi connectivity index (χ1n) is 6.09. The summed E-state index contributed by atoms with van der Waals surface area (Å²) in [5.74, 6) is -0.173. The maximum absolute atomic E-state index is 14.2. The van der Waals surface area contributed by atoms with Gasteiger partial charge in [0.2, 0.25) is 0 Å². The molecule has 2 N–H and O–H groups in total. The van der Waals surface area contributed by atoms with Crippen LogP contribution in [-0.2, 0) is 6.54 Å². The molecule has 0 heterocycles. The van der Waals surface area contributed by atoms with Gasteiger partial charge in [-0.05, 0) is 49.1 Å². The summed E-state index contributed by atoms with van der Waals surface area (Å²) in [6.45, 7) is 6.27. The fourth-order valence-electron chi connectivity index (χ4n) is 2.36. The van der Waals surface area contributed by atoms with Crippen molar-refractivity contribution in [2.24, 2.45) is 5.73 Å². The van der Waals surface area contributed by atoms with Crippen molar-refractivity contribution in [2.45, 2.75) is 27.3 Å². The van der Waals surface area contributed by atoms with E-state index in [4.69, 9.17) is 5.73 Å². The average molecular weight is 243 g/mol. The SMILES string of the molecule is Cc1cc(C)c(-c2cc(C)ccc2CN)c(F)c1. The van der Waals surface area contributed by atoms with Crippen LogP contribution in [0.4, 0.5) is 4.39 Å². The molecule has 0 aromatic heterocycles. The summed E-state index contributed by atoms with van der Waals surface area (Å²) in [6.07, 6.45) is 0. The van der Waals surface area contributed by atoms with Crippen molar-refractivity contribution in [1.82, 2.24) is 0 Å². The lowest BCUT2D eigenvalue weighted by molar-refractivity contribution is 0.629. The van der Waals surface area contributed by atoms with Crippen LogP contribution in [0.2, 0.25) is 0 Å². The zero-order valence-corrected chi connectivity index (χ0v) is 11.0. The molecule has 0 saturated carbocycles. The molecule has 0 aliphatic carbocycles. The van der Waals surface area contributed by atoms with E-state index < -0.39 is 0 Å². The van der Waals surface area contributed by atoms with Crippen LogP contribution in [0, 0.1) is 26.6 Å². The maximum Gasteiger partial charge on any atom is 0.131 e. The molecule has 0 bridgehead atoms. The predicted molar refractivity (Wildman–Crippen MR) is 73.9 cm³/mol. The number of rotatable bonds is 2. The second-order valence-corrected chi connectivity index (χ2v) is 4.80. The number of benzene rings is 2. The highest BCUT2D eigenvalue weighted by Gasteiger charge is 2.12. The Bertz CT molecular complexity index is 565. The zero-order chi connectivity index (χ0) is 13.3. The second-order valence-electron chi connectivity index (χ2n) is 4.80. The van der Waals surface area contributed by atoms with E-state index in [1.807, 2.05) is 45.0 Å². The van der Waals surface area contributed by atoms with Gasteiger partial charge in [-0.2, -0.15) is 0 Å². The molecule has 0 unspecified atom stereocenters. The quantitative estimate of drug-likeness (QED) is 0.851. The van der Waals surface area contributed by atoms with Gasteiger partial charge in [-0.25, -0.2) is 4.39 Å². The third-order valence-electron chi connectivity index (χ3n) is 3.19. The summed E-state index contributed by atoms with van der Waals surface area (Å²) in [7, 11) is 0. The Morgan fingerprint density at radius 1 is 1.00 bits per heavy atom. The van der Waals surface area contributed by atoms with E-state index in [1.165, 1.54) is 0 Å². The molecule has 0 amide bonds. The van der Waals surface area contributed by atoms with Gasteiger partial charge in [0.25, 0.3) is 0 Å². The van der Waals surface area contributed by atoms with Gasteiger partial charge < -0.3 is 5.73 Å². The highest BCUT2D eigenvalue weighted by molar-refractivity contribution is 5.72. The molecule has 0 aliphatic heterocycles. The van der Waals surface area contributed by atoms with E-state index in [0.29, 0.717) is 12.1 Å². The molecule has 1 nitrogen and oxygen atoms in total. The highest BCUT2D eigenvalue weighted by atomic mass is 19.1. The molecule has 94 valence electrons. The van der Waals surface area contributed by atoms with Gasteiger partial charge >= 0.3 is 0 Å². The fraction of sp³-hybridized carbons (Fsp3) is 0.250. The van der Waals surface area contributed by atoms with Crippen LogP contribution < -0.4 is 5.73 Å². The van der Waals surface area contributed by atoms with E-state index in [9.17, 15) is 4.39 Å². The van der Waals surface area contributed by atoms with E-state index >= 15 is 0 Å². The first-order chi connectivity index (χ1) is 8.52. The number of hydrogen-bond acceptors (Lipinski definition) is 1. The number of aryl methyl sites for hydroxylation is 3. The van der Waals surface area contributed by atoms with E-state index in [0.717, 1.165) is 27.8 Å². The molecule has 0 aliphatic rings. The molecule has 0 spiro atoms. The van der Waals surface area contributed by atoms with Gasteiger partial charge in [-0.1, -0.05) is 29.8 Å². The van der Waals surface area contributed by atoms with E-state index in [2.05, 4.69) is 0 Å². The summed E-state index contributed by atoms with van der Waals surface area (Å²) in [6, 6.07) is 9.56. The molecule has 2 heteroatoms. The summed E-state index contributed by atoms with van der Waals surface area (Å²) in [4.78, 5) is 0. The summed E-state index contributed by atoms with van der Waals surface area (Å²) >= 11 is 0. The van der Waals surface area contributed by atoms with Gasteiger partial charge in [0.15, 0.2) is 0 Å². The Morgan fingerprint density at radius 3 is 2.33 bits per heavy atom. The van der Waals surface area contributed by atoms with E-state index in [-0.39, 0.29) is 5.82 Å². The van der Waals surface area contributed by atoms with Crippen molar-refractivity contribution in [3.63, 3.8) is 0 Å². The maximum atomic E-state index is 14.2. The number of hydrogen-bond donors (Lipinski definition) is 1. The molecule has 0 radical (unpaired) electrons. The molecule has 2 aromatic rings. The number of halogens is 1. The van der Waals surface area contributed by atoms with Crippen molar-refractivity contribution in [3.8, 4) is 11.1 Å². The molecule has 0 atom stereocenters. The first-order valence-corrected chi connectivity index (χ1v) is 6.09. The van der Waals surface area contributed by atoms with Crippen LogP contribution in [0.3, 0.4) is 0 Å². The minimum absolute atomic E-state index is 0.173. The Kier molecular flexibility index (Phi) is 3.48. The summed E-state index contributed by atoms with van der Waals surface area (Å²) in [5.41, 5.74) is 11.3. The van der Waals surface area contributed by atoms with Crippen LogP contribution >= 0.6 is 0 Å². The molecule has 0 saturated heterocycles. The lowest BCUT2D eigenvalue weighted by Crippen LogP contribution is -2.01. The smallest absolute Gasteiger partial charge is 0.131 e. The van der Waals surface area contributed by atoms with Crippen molar-refractivity contribution >= 4 is 0 Å². The lowest BCUT2D eigenvalue weighted by Gasteiger charge is -2.13. The van der Waals surface area contributed by atoms with Gasteiger partial charge in [-0.3, -0.25) is 0 Å². The topological polar surface area (TPSA) is 26.0 Å². The first kappa shape index (κ1) is 12.8. The fourth-order valence-corrected chi connectivity index (χ4v) is 2.36. The minimum Gasteiger partial charge on any atom is -0.326 e. The van der Waals surface area contributed by atoms with Gasteiger partial charge in [0, 0.05) is 12.1 Å². The van der Waals surface area contributed by atoms with Crippen LogP contribution in [0.1, 0.15) is 22.3 Å². The highest BCUT2D eigenvalue weighted by Crippen LogP contribution is 2.31. The molecule has 0 fully saturated rings. The Morgan fingerprint density at radius 2 is 1.72 bits per heavy atom. The standard InChI is InChI=1S/C16H18FN/c1-10-4-5-13(9-18)14(7-10)16-12(3)6-11(2)8-15(16)17/h4-8H,9,18H2,1-3H3. The van der Waals surface area contributed by atoms with Crippen LogP contribution in [0.5, 0.6) is 0 Å². The summed E-state index contributed by atoms with van der Waals surface area (Å²) < 4.78 is 14.2. The Hall–Kier alpha value is -1.67. The summed E-state index contributed by atoms with van der Waals surface area (Å²) in [5, 5.41) is 0. The molecule has 2 aromatic carbocycles. The van der Waals surface area contributed by atoms with Gasteiger partial charge in [0.05, 0.1) is 0 Å². The number of nitrogens with two attached hydrogens (primary N) is 1. The monoisotopic (exact) mass is 243 g/mol. The largest absolute Gasteiger partial charge is 0.326 e. The Balaban J connectivity index is 2.72. The van der Waals surface area contributed by atoms with Crippen LogP contribution in [0.25, 0.3) is 11.1 Å². The van der Waals surface area contributed by atoms with Gasteiger partial charge in [-0.15, -0.1) is 0 Å². The zero-order valence-electron chi connectivity index (χ0n) is 11.0. The van der Waals surface area contributed by atoms with Crippen molar-refractivity contribution in [1.29, 1.82) is 0 Å². The molecular formula is C16H18FN. The van der Waals surface area contributed by atoms with Crippen molar-refractivity contribution in [3.05, 3.63) is 58.4 Å². The lowest BCUT2D eigenvalue weighted by atomic mass is 9.93. The minimum atomic E-state index is -0.173. The van der Waals surface area contributed by atoms with Crippen molar-refractivity contribution < 1.29 is 4.39 Å². The normalized spacial score (nSPS) is 10.7. The average Bonchev–Trinajstić information content (AvgIpc) is 2.28. The second kappa shape index (κ2) is 4.91.